The lowest BCUT2D eigenvalue weighted by molar-refractivity contribution is -0.138. The molecular formula is C29H27ClF3N3O. The summed E-state index contributed by atoms with van der Waals surface area (Å²) in [6.45, 7) is 5.16. The van der Waals surface area contributed by atoms with Gasteiger partial charge in [-0.3, -0.25) is 14.7 Å². The summed E-state index contributed by atoms with van der Waals surface area (Å²) in [5, 5.41) is 0.387. The number of carbonyl (C=O) groups excluding carboxylic acids is 1. The minimum absolute atomic E-state index is 0.159. The number of Topliss-reactive ketones (excluding diaryl/α,β-unsaturated/α-hetero) is 1. The number of rotatable bonds is 5. The van der Waals surface area contributed by atoms with E-state index < -0.39 is 11.7 Å². The first kappa shape index (κ1) is 26.9. The fraction of sp³-hybridized carbons (Fsp3) is 0.310. The summed E-state index contributed by atoms with van der Waals surface area (Å²) >= 11 is 6.28. The average molecular weight is 526 g/mol. The summed E-state index contributed by atoms with van der Waals surface area (Å²) in [7, 11) is 2.00. The van der Waals surface area contributed by atoms with Crippen LogP contribution in [0, 0.1) is 18.8 Å². The third-order valence-corrected chi connectivity index (χ3v) is 6.79. The Labute approximate surface area is 220 Å². The molecule has 4 nitrogen and oxygen atoms in total. The third kappa shape index (κ3) is 6.98. The van der Waals surface area contributed by atoms with E-state index in [1.807, 2.05) is 24.9 Å². The molecule has 8 heteroatoms. The number of aromatic nitrogens is 1. The first-order chi connectivity index (χ1) is 17.6. The number of alkyl halides is 3. The van der Waals surface area contributed by atoms with E-state index >= 15 is 0 Å². The fourth-order valence-corrected chi connectivity index (χ4v) is 4.38. The molecule has 0 N–H and O–H groups in total. The van der Waals surface area contributed by atoms with Crippen LogP contribution in [0.1, 0.15) is 43.9 Å². The highest BCUT2D eigenvalue weighted by molar-refractivity contribution is 6.31. The van der Waals surface area contributed by atoms with Gasteiger partial charge in [-0.05, 0) is 61.5 Å². The molecule has 0 amide bonds. The highest BCUT2D eigenvalue weighted by Crippen LogP contribution is 2.34. The molecule has 3 aromatic rings. The largest absolute Gasteiger partial charge is 0.416 e. The topological polar surface area (TPSA) is 36.4 Å². The number of hydrogen-bond acceptors (Lipinski definition) is 4. The maximum absolute atomic E-state index is 13.9. The minimum Gasteiger partial charge on any atom is -0.304 e. The van der Waals surface area contributed by atoms with Crippen LogP contribution in [0.4, 0.5) is 13.2 Å². The van der Waals surface area contributed by atoms with Crippen LogP contribution >= 0.6 is 11.6 Å². The zero-order valence-electron chi connectivity index (χ0n) is 20.7. The number of halogens is 4. The summed E-state index contributed by atoms with van der Waals surface area (Å²) in [5.74, 6) is 5.68. The van der Waals surface area contributed by atoms with Crippen molar-refractivity contribution < 1.29 is 18.0 Å². The summed E-state index contributed by atoms with van der Waals surface area (Å²) in [5.41, 5.74) is 2.17. The Balaban J connectivity index is 1.53. The van der Waals surface area contributed by atoms with Crippen molar-refractivity contribution in [1.29, 1.82) is 0 Å². The lowest BCUT2D eigenvalue weighted by atomic mass is 9.97. The van der Waals surface area contributed by atoms with Gasteiger partial charge in [-0.25, -0.2) is 0 Å². The van der Waals surface area contributed by atoms with E-state index in [-0.39, 0.29) is 24.3 Å². The van der Waals surface area contributed by atoms with Gasteiger partial charge >= 0.3 is 6.18 Å². The van der Waals surface area contributed by atoms with E-state index in [0.717, 1.165) is 43.5 Å². The highest BCUT2D eigenvalue weighted by atomic mass is 35.5. The second kappa shape index (κ2) is 11.5. The molecule has 0 aliphatic carbocycles. The lowest BCUT2D eigenvalue weighted by Gasteiger charge is -2.33. The maximum Gasteiger partial charge on any atom is 0.416 e. The van der Waals surface area contributed by atoms with Gasteiger partial charge in [-0.1, -0.05) is 35.6 Å². The van der Waals surface area contributed by atoms with E-state index in [2.05, 4.69) is 21.7 Å². The molecule has 0 radical (unpaired) electrons. The number of nitrogens with zero attached hydrogens (tertiary/aromatic N) is 3. The Morgan fingerprint density at radius 2 is 1.76 bits per heavy atom. The molecule has 2 heterocycles. The van der Waals surface area contributed by atoms with Crippen LogP contribution in [0.3, 0.4) is 0 Å². The molecule has 1 fully saturated rings. The Bertz CT molecular complexity index is 1350. The van der Waals surface area contributed by atoms with Crippen molar-refractivity contribution in [2.75, 3.05) is 33.2 Å². The lowest BCUT2D eigenvalue weighted by Crippen LogP contribution is -2.44. The molecule has 192 valence electrons. The number of hydrogen-bond donors (Lipinski definition) is 0. The van der Waals surface area contributed by atoms with Crippen molar-refractivity contribution in [2.45, 2.75) is 26.1 Å². The number of piperazine rings is 1. The van der Waals surface area contributed by atoms with E-state index in [1.54, 1.807) is 36.5 Å². The molecule has 1 aliphatic rings. The van der Waals surface area contributed by atoms with Crippen molar-refractivity contribution >= 4 is 17.4 Å². The molecule has 4 rings (SSSR count). The van der Waals surface area contributed by atoms with Crippen molar-refractivity contribution in [2.24, 2.45) is 0 Å². The van der Waals surface area contributed by atoms with Crippen LogP contribution in [0.5, 0.6) is 0 Å². The van der Waals surface area contributed by atoms with Gasteiger partial charge in [0.05, 0.1) is 16.3 Å². The molecule has 0 unspecified atom stereocenters. The molecule has 37 heavy (non-hydrogen) atoms. The van der Waals surface area contributed by atoms with Gasteiger partial charge in [0.25, 0.3) is 0 Å². The second-order valence-corrected chi connectivity index (χ2v) is 9.66. The van der Waals surface area contributed by atoms with E-state index in [1.165, 1.54) is 6.07 Å². The van der Waals surface area contributed by atoms with Crippen molar-refractivity contribution in [3.05, 3.63) is 98.8 Å². The standard InChI is InChI=1S/C29H27ClF3N3O/c1-20-22(4-3-11-34-20)7-8-23-18-24(9-10-27(23)30)28(37)17-21-5-6-25(26(16-21)29(31,32)33)19-36-14-12-35(2)13-15-36/h3-6,9-11,16,18H,12-15,17,19H2,1-2H3. The number of aryl methyl sites for hydroxylation is 1. The van der Waals surface area contributed by atoms with Gasteiger partial charge in [-0.15, -0.1) is 0 Å². The SMILES string of the molecule is Cc1ncccc1C#Cc1cc(C(=O)Cc2ccc(CN3CCN(C)CC3)c(C(F)(F)F)c2)ccc1Cl. The monoisotopic (exact) mass is 525 g/mol. The molecule has 0 bridgehead atoms. The molecule has 1 saturated heterocycles. The predicted octanol–water partition coefficient (Wildman–Crippen LogP) is 5.63. The molecule has 2 aromatic carbocycles. The average Bonchev–Trinajstić information content (AvgIpc) is 2.86. The smallest absolute Gasteiger partial charge is 0.304 e. The Morgan fingerprint density at radius 3 is 2.46 bits per heavy atom. The van der Waals surface area contributed by atoms with Crippen LogP contribution in [-0.4, -0.2) is 53.8 Å². The number of ketones is 1. The van der Waals surface area contributed by atoms with Gasteiger partial charge in [-0.2, -0.15) is 13.2 Å². The number of pyridine rings is 1. The zero-order chi connectivity index (χ0) is 26.6. The van der Waals surface area contributed by atoms with Crippen LogP contribution in [0.25, 0.3) is 0 Å². The first-order valence-electron chi connectivity index (χ1n) is 12.0. The van der Waals surface area contributed by atoms with Crippen molar-refractivity contribution in [1.82, 2.24) is 14.8 Å². The third-order valence-electron chi connectivity index (χ3n) is 6.46. The summed E-state index contributed by atoms with van der Waals surface area (Å²) in [6, 6.07) is 12.6. The van der Waals surface area contributed by atoms with Crippen LogP contribution in [0.15, 0.2) is 54.7 Å². The Kier molecular flexibility index (Phi) is 8.33. The number of benzene rings is 2. The van der Waals surface area contributed by atoms with Gasteiger partial charge in [0.1, 0.15) is 0 Å². The highest BCUT2D eigenvalue weighted by Gasteiger charge is 2.34. The van der Waals surface area contributed by atoms with Gasteiger partial charge in [0, 0.05) is 62.0 Å². The summed E-state index contributed by atoms with van der Waals surface area (Å²) in [6.07, 6.45) is -2.99. The molecule has 0 spiro atoms. The molecule has 0 atom stereocenters. The van der Waals surface area contributed by atoms with Gasteiger partial charge < -0.3 is 4.90 Å². The molecule has 1 aromatic heterocycles. The van der Waals surface area contributed by atoms with Gasteiger partial charge in [0.2, 0.25) is 0 Å². The molecule has 0 saturated carbocycles. The van der Waals surface area contributed by atoms with Crippen molar-refractivity contribution in [3.8, 4) is 11.8 Å². The molecule has 1 aliphatic heterocycles. The first-order valence-corrected chi connectivity index (χ1v) is 12.3. The molecular weight excluding hydrogens is 499 g/mol. The van der Waals surface area contributed by atoms with E-state index in [4.69, 9.17) is 11.6 Å². The second-order valence-electron chi connectivity index (χ2n) is 9.25. The van der Waals surface area contributed by atoms with Crippen molar-refractivity contribution in [3.63, 3.8) is 0 Å². The summed E-state index contributed by atoms with van der Waals surface area (Å²) in [4.78, 5) is 21.4. The number of carbonyl (C=O) groups is 1. The summed E-state index contributed by atoms with van der Waals surface area (Å²) < 4.78 is 41.7. The van der Waals surface area contributed by atoms with E-state index in [9.17, 15) is 18.0 Å². The zero-order valence-corrected chi connectivity index (χ0v) is 21.5. The van der Waals surface area contributed by atoms with Crippen LogP contribution in [-0.2, 0) is 19.1 Å². The van der Waals surface area contributed by atoms with Crippen LogP contribution < -0.4 is 0 Å². The minimum atomic E-state index is -4.51. The predicted molar refractivity (Wildman–Crippen MR) is 139 cm³/mol. The fourth-order valence-electron chi connectivity index (χ4n) is 4.22. The quantitative estimate of drug-likeness (QED) is 0.319. The Hall–Kier alpha value is -3.18. The van der Waals surface area contributed by atoms with Crippen LogP contribution in [0.2, 0.25) is 5.02 Å². The maximum atomic E-state index is 13.9. The normalized spacial score (nSPS) is 14.8. The number of likely N-dealkylation sites (N-methyl/N-ethyl adjacent to an activating group) is 1. The van der Waals surface area contributed by atoms with Gasteiger partial charge in [0.15, 0.2) is 5.78 Å². The van der Waals surface area contributed by atoms with E-state index in [0.29, 0.717) is 21.7 Å². The Morgan fingerprint density at radius 1 is 1.03 bits per heavy atom.